The van der Waals surface area contributed by atoms with Crippen LogP contribution in [0.1, 0.15) is 9.67 Å². The fourth-order valence-electron chi connectivity index (χ4n) is 0.947. The molecule has 0 bridgehead atoms. The molecule has 0 atom stereocenters. The molecule has 0 aromatic carbocycles. The number of halogens is 1. The molecule has 0 unspecified atom stereocenters. The first-order chi connectivity index (χ1) is 7.04. The Hall–Kier alpha value is -0.880. The van der Waals surface area contributed by atoms with Crippen LogP contribution >= 0.6 is 27.3 Å². The minimum atomic E-state index is -0.429. The molecule has 82 valence electrons. The van der Waals surface area contributed by atoms with Crippen LogP contribution in [0.25, 0.3) is 0 Å². The molecule has 1 rings (SSSR count). The van der Waals surface area contributed by atoms with Crippen LogP contribution in [0.3, 0.4) is 0 Å². The van der Waals surface area contributed by atoms with Gasteiger partial charge in [0.15, 0.2) is 0 Å². The Kier molecular flexibility index (Phi) is 4.28. The van der Waals surface area contributed by atoms with E-state index in [1.807, 2.05) is 0 Å². The van der Waals surface area contributed by atoms with E-state index in [4.69, 9.17) is 0 Å². The van der Waals surface area contributed by atoms with Gasteiger partial charge in [-0.3, -0.25) is 9.59 Å². The standard InChI is InChI=1S/C9H10BrNO3S/c1-11(5-8(12)14-2)9(13)6-3-4-7(10)15-6/h3-4H,5H2,1-2H3. The summed E-state index contributed by atoms with van der Waals surface area (Å²) in [6.45, 7) is -0.0369. The van der Waals surface area contributed by atoms with E-state index in [9.17, 15) is 9.59 Å². The van der Waals surface area contributed by atoms with Crippen molar-refractivity contribution in [3.8, 4) is 0 Å². The fraction of sp³-hybridized carbons (Fsp3) is 0.333. The molecule has 0 saturated carbocycles. The second-order valence-corrected chi connectivity index (χ2v) is 5.30. The summed E-state index contributed by atoms with van der Waals surface area (Å²) in [4.78, 5) is 24.6. The summed E-state index contributed by atoms with van der Waals surface area (Å²) in [5.41, 5.74) is 0. The van der Waals surface area contributed by atoms with Crippen molar-refractivity contribution >= 4 is 39.1 Å². The Morgan fingerprint density at radius 1 is 1.53 bits per heavy atom. The third kappa shape index (κ3) is 3.32. The van der Waals surface area contributed by atoms with E-state index in [1.54, 1.807) is 19.2 Å². The van der Waals surface area contributed by atoms with Crippen molar-refractivity contribution in [1.29, 1.82) is 0 Å². The number of hydrogen-bond donors (Lipinski definition) is 0. The largest absolute Gasteiger partial charge is 0.468 e. The average Bonchev–Trinajstić information content (AvgIpc) is 2.63. The fourth-order valence-corrected chi connectivity index (χ4v) is 2.33. The molecule has 6 heteroatoms. The Morgan fingerprint density at radius 2 is 2.20 bits per heavy atom. The van der Waals surface area contributed by atoms with Crippen molar-refractivity contribution in [3.63, 3.8) is 0 Å². The third-order valence-electron chi connectivity index (χ3n) is 1.72. The Bertz CT molecular complexity index is 377. The SMILES string of the molecule is COC(=O)CN(C)C(=O)c1ccc(Br)s1. The summed E-state index contributed by atoms with van der Waals surface area (Å²) in [6.07, 6.45) is 0. The highest BCUT2D eigenvalue weighted by molar-refractivity contribution is 9.11. The maximum Gasteiger partial charge on any atom is 0.325 e. The lowest BCUT2D eigenvalue weighted by atomic mass is 10.4. The minimum absolute atomic E-state index is 0.0369. The summed E-state index contributed by atoms with van der Waals surface area (Å²) in [6, 6.07) is 3.51. The number of methoxy groups -OCH3 is 1. The third-order valence-corrected chi connectivity index (χ3v) is 3.34. The van der Waals surface area contributed by atoms with Gasteiger partial charge in [-0.15, -0.1) is 11.3 Å². The summed E-state index contributed by atoms with van der Waals surface area (Å²) in [7, 11) is 2.86. The van der Waals surface area contributed by atoms with Crippen LogP contribution in [0.5, 0.6) is 0 Å². The summed E-state index contributed by atoms with van der Waals surface area (Å²) in [5, 5.41) is 0. The normalized spacial score (nSPS) is 9.80. The van der Waals surface area contributed by atoms with Crippen LogP contribution in [0, 0.1) is 0 Å². The van der Waals surface area contributed by atoms with Crippen molar-refractivity contribution in [2.24, 2.45) is 0 Å². The highest BCUT2D eigenvalue weighted by atomic mass is 79.9. The second-order valence-electron chi connectivity index (χ2n) is 2.84. The summed E-state index contributed by atoms with van der Waals surface area (Å²) in [5.74, 6) is -0.613. The topological polar surface area (TPSA) is 46.6 Å². The molecule has 1 amide bonds. The number of thiophene rings is 1. The monoisotopic (exact) mass is 291 g/mol. The Balaban J connectivity index is 2.64. The number of esters is 1. The van der Waals surface area contributed by atoms with Gasteiger partial charge in [0.1, 0.15) is 6.54 Å². The predicted octanol–water partition coefficient (Wildman–Crippen LogP) is 1.76. The molecule has 0 fully saturated rings. The van der Waals surface area contributed by atoms with Crippen LogP contribution in [-0.4, -0.2) is 37.5 Å². The van der Waals surface area contributed by atoms with Crippen molar-refractivity contribution in [3.05, 3.63) is 20.8 Å². The molecule has 4 nitrogen and oxygen atoms in total. The quantitative estimate of drug-likeness (QED) is 0.797. The number of likely N-dealkylation sites (N-methyl/N-ethyl adjacent to an activating group) is 1. The zero-order chi connectivity index (χ0) is 11.4. The molecule has 0 aliphatic heterocycles. The van der Waals surface area contributed by atoms with Crippen LogP contribution in [0.2, 0.25) is 0 Å². The van der Waals surface area contributed by atoms with Gasteiger partial charge in [0, 0.05) is 7.05 Å². The molecule has 1 aromatic heterocycles. The van der Waals surface area contributed by atoms with Gasteiger partial charge < -0.3 is 9.64 Å². The van der Waals surface area contributed by atoms with Gasteiger partial charge in [0.2, 0.25) is 0 Å². The van der Waals surface area contributed by atoms with Crippen molar-refractivity contribution < 1.29 is 14.3 Å². The van der Waals surface area contributed by atoms with Crippen molar-refractivity contribution in [2.75, 3.05) is 20.7 Å². The number of hydrogen-bond acceptors (Lipinski definition) is 4. The summed E-state index contributed by atoms with van der Waals surface area (Å²) < 4.78 is 5.36. The zero-order valence-electron chi connectivity index (χ0n) is 8.32. The van der Waals surface area contributed by atoms with E-state index in [0.717, 1.165) is 3.79 Å². The molecular weight excluding hydrogens is 282 g/mol. The number of ether oxygens (including phenoxy) is 1. The van der Waals surface area contributed by atoms with Crippen LogP contribution in [-0.2, 0) is 9.53 Å². The highest BCUT2D eigenvalue weighted by Crippen LogP contribution is 2.22. The van der Waals surface area contributed by atoms with Gasteiger partial charge in [-0.05, 0) is 28.1 Å². The van der Waals surface area contributed by atoms with Gasteiger partial charge in [-0.25, -0.2) is 0 Å². The number of carbonyl (C=O) groups excluding carboxylic acids is 2. The second kappa shape index (κ2) is 5.27. The lowest BCUT2D eigenvalue weighted by Gasteiger charge is -2.13. The van der Waals surface area contributed by atoms with Crippen LogP contribution in [0.15, 0.2) is 15.9 Å². The van der Waals surface area contributed by atoms with Gasteiger partial charge >= 0.3 is 5.97 Å². The average molecular weight is 292 g/mol. The Labute approximate surface area is 100.0 Å². The first kappa shape index (κ1) is 12.2. The first-order valence-electron chi connectivity index (χ1n) is 4.12. The Morgan fingerprint density at radius 3 is 2.67 bits per heavy atom. The molecule has 0 saturated heterocycles. The number of rotatable bonds is 3. The molecule has 1 heterocycles. The maximum atomic E-state index is 11.7. The number of carbonyl (C=O) groups is 2. The first-order valence-corrected chi connectivity index (χ1v) is 5.73. The molecule has 0 spiro atoms. The van der Waals surface area contributed by atoms with E-state index in [1.165, 1.54) is 23.3 Å². The van der Waals surface area contributed by atoms with E-state index < -0.39 is 5.97 Å². The van der Waals surface area contributed by atoms with E-state index in [-0.39, 0.29) is 12.5 Å². The molecule has 15 heavy (non-hydrogen) atoms. The van der Waals surface area contributed by atoms with E-state index in [0.29, 0.717) is 4.88 Å². The van der Waals surface area contributed by atoms with Crippen molar-refractivity contribution in [1.82, 2.24) is 4.90 Å². The molecule has 0 radical (unpaired) electrons. The van der Waals surface area contributed by atoms with Crippen molar-refractivity contribution in [2.45, 2.75) is 0 Å². The predicted molar refractivity (Wildman–Crippen MR) is 61.0 cm³/mol. The highest BCUT2D eigenvalue weighted by Gasteiger charge is 2.16. The molecule has 0 N–H and O–H groups in total. The smallest absolute Gasteiger partial charge is 0.325 e. The van der Waals surface area contributed by atoms with Gasteiger partial charge in [-0.1, -0.05) is 0 Å². The minimum Gasteiger partial charge on any atom is -0.468 e. The maximum absolute atomic E-state index is 11.7. The lowest BCUT2D eigenvalue weighted by molar-refractivity contribution is -0.141. The summed E-state index contributed by atoms with van der Waals surface area (Å²) >= 11 is 4.60. The number of nitrogens with zero attached hydrogens (tertiary/aromatic N) is 1. The molecule has 1 aromatic rings. The van der Waals surface area contributed by atoms with E-state index >= 15 is 0 Å². The van der Waals surface area contributed by atoms with Gasteiger partial charge in [0.25, 0.3) is 5.91 Å². The molecule has 0 aliphatic rings. The molecule has 0 aliphatic carbocycles. The van der Waals surface area contributed by atoms with Crippen LogP contribution in [0.4, 0.5) is 0 Å². The zero-order valence-corrected chi connectivity index (χ0v) is 10.7. The van der Waals surface area contributed by atoms with Gasteiger partial charge in [0.05, 0.1) is 15.8 Å². The number of amides is 1. The van der Waals surface area contributed by atoms with E-state index in [2.05, 4.69) is 20.7 Å². The van der Waals surface area contributed by atoms with Gasteiger partial charge in [-0.2, -0.15) is 0 Å². The lowest BCUT2D eigenvalue weighted by Crippen LogP contribution is -2.32. The van der Waals surface area contributed by atoms with Crippen LogP contribution < -0.4 is 0 Å². The molecular formula is C9H10BrNO3S.